The van der Waals surface area contributed by atoms with Gasteiger partial charge in [0.1, 0.15) is 0 Å². The van der Waals surface area contributed by atoms with E-state index in [-0.39, 0.29) is 16.2 Å². The van der Waals surface area contributed by atoms with Crippen LogP contribution in [0.1, 0.15) is 79.0 Å². The van der Waals surface area contributed by atoms with Gasteiger partial charge in [-0.3, -0.25) is 0 Å². The highest BCUT2D eigenvalue weighted by atomic mass is 32.1. The fraction of sp³-hybridized carbons (Fsp3) is 0.176. The van der Waals surface area contributed by atoms with E-state index in [1.165, 1.54) is 146 Å². The molecule has 72 heavy (non-hydrogen) atoms. The number of hydrogen-bond donors (Lipinski definition) is 0. The van der Waals surface area contributed by atoms with E-state index in [2.05, 4.69) is 246 Å². The van der Waals surface area contributed by atoms with Crippen LogP contribution in [0.5, 0.6) is 0 Å². The molecule has 0 atom stereocenters. The Hall–Kier alpha value is -7.66. The first kappa shape index (κ1) is 42.1. The molecular weight excluding hydrogens is 891 g/mol. The zero-order valence-corrected chi connectivity index (χ0v) is 43.2. The summed E-state index contributed by atoms with van der Waals surface area (Å²) >= 11 is 1.94. The quantitative estimate of drug-likeness (QED) is 0.168. The summed E-state index contributed by atoms with van der Waals surface area (Å²) in [5, 5.41) is 13.2. The van der Waals surface area contributed by atoms with Gasteiger partial charge in [0.2, 0.25) is 0 Å². The topological polar surface area (TPSA) is 13.8 Å². The maximum absolute atomic E-state index is 2.67. The number of thiophene rings is 1. The van der Waals surface area contributed by atoms with Gasteiger partial charge in [-0.2, -0.15) is 0 Å². The van der Waals surface area contributed by atoms with Crippen LogP contribution in [0.4, 0.5) is 0 Å². The third kappa shape index (κ3) is 5.67. The molecular formula is C68H55N3S. The van der Waals surface area contributed by atoms with Crippen molar-refractivity contribution in [2.75, 3.05) is 0 Å². The van der Waals surface area contributed by atoms with E-state index in [1.807, 2.05) is 11.3 Å². The van der Waals surface area contributed by atoms with Crippen LogP contribution < -0.4 is 0 Å². The molecule has 0 bridgehead atoms. The van der Waals surface area contributed by atoms with Crippen molar-refractivity contribution >= 4 is 119 Å². The molecule has 0 spiro atoms. The summed E-state index contributed by atoms with van der Waals surface area (Å²) in [6.07, 6.45) is 0. The standard InChI is InChI=1S/C68H55N3S/c1-66(2,3)41-30-47(40-26-27-57-48(29-40)45-22-13-15-24-56(45)69(57)44-21-17-20-39(28-44)38-18-11-10-12-19-38)61-53(33-41)54-34-42(67(4,5)6)31-51-49-37-59-50(36-58(49)70(61)62(51)54)52-32-43(68(7,8)9)35-55-63(52)71(59)64-46-23-14-16-25-60(46)72-65(55)64/h10-37H,1-9H3. The second kappa shape index (κ2) is 14.1. The van der Waals surface area contributed by atoms with Gasteiger partial charge in [-0.1, -0.05) is 147 Å². The van der Waals surface area contributed by atoms with Gasteiger partial charge in [0.15, 0.2) is 0 Å². The number of hydrogen-bond acceptors (Lipinski definition) is 1. The van der Waals surface area contributed by atoms with Gasteiger partial charge >= 0.3 is 0 Å². The molecule has 15 rings (SSSR count). The normalized spacial score (nSPS) is 13.3. The van der Waals surface area contributed by atoms with E-state index >= 15 is 0 Å². The monoisotopic (exact) mass is 945 g/mol. The number of benzene rings is 9. The first-order valence-electron chi connectivity index (χ1n) is 25.7. The first-order chi connectivity index (χ1) is 34.6. The van der Waals surface area contributed by atoms with Crippen LogP contribution in [0.15, 0.2) is 170 Å². The van der Waals surface area contributed by atoms with Crippen molar-refractivity contribution < 1.29 is 0 Å². The fourth-order valence-electron chi connectivity index (χ4n) is 12.5. The number of aromatic nitrogens is 3. The highest BCUT2D eigenvalue weighted by molar-refractivity contribution is 7.26. The third-order valence-electron chi connectivity index (χ3n) is 16.3. The van der Waals surface area contributed by atoms with Gasteiger partial charge < -0.3 is 13.4 Å². The molecule has 3 nitrogen and oxygen atoms in total. The summed E-state index contributed by atoms with van der Waals surface area (Å²) in [5.41, 5.74) is 20.2. The third-order valence-corrected chi connectivity index (χ3v) is 17.5. The molecule has 0 radical (unpaired) electrons. The Bertz CT molecular complexity index is 4780. The predicted octanol–water partition coefficient (Wildman–Crippen LogP) is 19.5. The lowest BCUT2D eigenvalue weighted by Crippen LogP contribution is -2.11. The van der Waals surface area contributed by atoms with Crippen molar-refractivity contribution in [3.05, 3.63) is 187 Å². The molecule has 0 saturated carbocycles. The van der Waals surface area contributed by atoms with Crippen LogP contribution >= 0.6 is 11.3 Å². The summed E-state index contributed by atoms with van der Waals surface area (Å²) in [6.45, 7) is 21.3. The maximum Gasteiger partial charge on any atom is 0.0728 e. The van der Waals surface area contributed by atoms with E-state index in [0.29, 0.717) is 0 Å². The molecule has 348 valence electrons. The van der Waals surface area contributed by atoms with Crippen LogP contribution in [0.3, 0.4) is 0 Å². The van der Waals surface area contributed by atoms with Gasteiger partial charge in [-0.25, -0.2) is 0 Å². The number of nitrogens with zero attached hydrogens (tertiary/aromatic N) is 3. The van der Waals surface area contributed by atoms with Gasteiger partial charge in [0.05, 0.1) is 48.8 Å². The number of rotatable bonds is 3. The second-order valence-corrected chi connectivity index (χ2v) is 24.9. The van der Waals surface area contributed by atoms with Crippen LogP contribution in [-0.2, 0) is 16.2 Å². The summed E-state index contributed by atoms with van der Waals surface area (Å²) in [4.78, 5) is 0. The van der Waals surface area contributed by atoms with Crippen LogP contribution in [-0.4, -0.2) is 13.4 Å². The Morgan fingerprint density at radius 2 is 0.833 bits per heavy atom. The molecule has 0 fully saturated rings. The van der Waals surface area contributed by atoms with Crippen molar-refractivity contribution in [2.45, 2.75) is 78.6 Å². The molecule has 4 heteroatoms. The van der Waals surface area contributed by atoms with E-state index in [4.69, 9.17) is 0 Å². The number of para-hydroxylation sites is 1. The molecule has 6 aromatic heterocycles. The average Bonchev–Trinajstić information content (AvgIpc) is 4.21. The summed E-state index contributed by atoms with van der Waals surface area (Å²) in [6, 6.07) is 65.2. The Kier molecular flexibility index (Phi) is 8.21. The number of fused-ring (bicyclic) bond motifs is 17. The van der Waals surface area contributed by atoms with Crippen molar-refractivity contribution in [1.29, 1.82) is 0 Å². The minimum absolute atomic E-state index is 0.0169. The Morgan fingerprint density at radius 3 is 1.51 bits per heavy atom. The minimum atomic E-state index is -0.0807. The van der Waals surface area contributed by atoms with Crippen LogP contribution in [0, 0.1) is 0 Å². The highest BCUT2D eigenvalue weighted by Gasteiger charge is 2.30. The Labute approximate surface area is 422 Å². The largest absolute Gasteiger partial charge is 0.309 e. The van der Waals surface area contributed by atoms with Crippen molar-refractivity contribution in [3.63, 3.8) is 0 Å². The molecule has 0 aliphatic rings. The Morgan fingerprint density at radius 1 is 0.319 bits per heavy atom. The zero-order chi connectivity index (χ0) is 48.9. The van der Waals surface area contributed by atoms with E-state index in [0.717, 1.165) is 5.69 Å². The van der Waals surface area contributed by atoms with Crippen molar-refractivity contribution in [2.24, 2.45) is 0 Å². The lowest BCUT2D eigenvalue weighted by Gasteiger charge is -2.22. The molecule has 0 aliphatic heterocycles. The van der Waals surface area contributed by atoms with Gasteiger partial charge in [0.25, 0.3) is 0 Å². The lowest BCUT2D eigenvalue weighted by atomic mass is 9.83. The van der Waals surface area contributed by atoms with E-state index in [9.17, 15) is 0 Å². The molecule has 15 aromatic rings. The molecule has 0 saturated heterocycles. The van der Waals surface area contributed by atoms with Gasteiger partial charge in [-0.15, -0.1) is 11.3 Å². The van der Waals surface area contributed by atoms with Crippen molar-refractivity contribution in [3.8, 4) is 27.9 Å². The average molecular weight is 946 g/mol. The summed E-state index contributed by atoms with van der Waals surface area (Å²) < 4.78 is 10.5. The molecule has 6 heterocycles. The SMILES string of the molecule is CC(C)(C)c1cc(-c2ccc3c(c2)c2ccccc2n3-c2cccc(-c3ccccc3)c2)c2c(c1)c1cc(C(C)(C)C)cc3c4cc5c(cc4n2c31)c1cc(C(C)(C)C)cc2c3sc4ccccc4c3n5c12. The summed E-state index contributed by atoms with van der Waals surface area (Å²) in [5.74, 6) is 0. The zero-order valence-electron chi connectivity index (χ0n) is 42.4. The van der Waals surface area contributed by atoms with E-state index < -0.39 is 0 Å². The van der Waals surface area contributed by atoms with Crippen LogP contribution in [0.25, 0.3) is 135 Å². The molecule has 9 aromatic carbocycles. The molecule has 0 amide bonds. The van der Waals surface area contributed by atoms with Crippen molar-refractivity contribution in [1.82, 2.24) is 13.4 Å². The van der Waals surface area contributed by atoms with Gasteiger partial charge in [-0.05, 0) is 135 Å². The predicted molar refractivity (Wildman–Crippen MR) is 312 cm³/mol. The molecule has 0 N–H and O–H groups in total. The lowest BCUT2D eigenvalue weighted by molar-refractivity contribution is 0.591. The smallest absolute Gasteiger partial charge is 0.0728 e. The summed E-state index contributed by atoms with van der Waals surface area (Å²) in [7, 11) is 0. The highest BCUT2D eigenvalue weighted by Crippen LogP contribution is 2.51. The maximum atomic E-state index is 2.67. The van der Waals surface area contributed by atoms with Gasteiger partial charge in [0, 0.05) is 69.8 Å². The fourth-order valence-corrected chi connectivity index (χ4v) is 13.7. The second-order valence-electron chi connectivity index (χ2n) is 23.8. The van der Waals surface area contributed by atoms with E-state index in [1.54, 1.807) is 0 Å². The molecule has 0 unspecified atom stereocenters. The minimum Gasteiger partial charge on any atom is -0.309 e. The van der Waals surface area contributed by atoms with Crippen LogP contribution in [0.2, 0.25) is 0 Å². The molecule has 0 aliphatic carbocycles. The Balaban J connectivity index is 1.07. The first-order valence-corrected chi connectivity index (χ1v) is 26.5.